The fraction of sp³-hybridized carbons (Fsp3) is 0.235. The second kappa shape index (κ2) is 7.18. The Hall–Kier alpha value is -2.20. The van der Waals surface area contributed by atoms with Crippen LogP contribution in [0.4, 0.5) is 0 Å². The largest absolute Gasteiger partial charge is 0.497 e. The van der Waals surface area contributed by atoms with Crippen LogP contribution in [0.5, 0.6) is 11.5 Å². The van der Waals surface area contributed by atoms with Crippen molar-refractivity contribution in [3.8, 4) is 11.5 Å². The number of carboxylic acid groups (broad SMARTS) is 1. The van der Waals surface area contributed by atoms with Crippen molar-refractivity contribution in [3.05, 3.63) is 58.6 Å². The van der Waals surface area contributed by atoms with Gasteiger partial charge < -0.3 is 14.6 Å². The Morgan fingerprint density at radius 3 is 2.50 bits per heavy atom. The fourth-order valence-electron chi connectivity index (χ4n) is 2.35. The summed E-state index contributed by atoms with van der Waals surface area (Å²) in [6, 6.07) is 12.3. The first-order chi connectivity index (χ1) is 10.6. The van der Waals surface area contributed by atoms with Gasteiger partial charge in [-0.25, -0.2) is 0 Å². The molecule has 2 aromatic rings. The Morgan fingerprint density at radius 1 is 1.18 bits per heavy atom. The predicted molar refractivity (Wildman–Crippen MR) is 85.1 cm³/mol. The second-order valence-electron chi connectivity index (χ2n) is 4.79. The number of halogens is 1. The molecule has 0 bridgehead atoms. The molecule has 0 fully saturated rings. The van der Waals surface area contributed by atoms with Crippen LogP contribution in [0.3, 0.4) is 0 Å². The quantitative estimate of drug-likeness (QED) is 0.880. The van der Waals surface area contributed by atoms with Gasteiger partial charge in [-0.05, 0) is 41.8 Å². The molecule has 2 rings (SSSR count). The van der Waals surface area contributed by atoms with Crippen molar-refractivity contribution in [2.45, 2.75) is 12.3 Å². The van der Waals surface area contributed by atoms with Crippen LogP contribution in [-0.4, -0.2) is 25.3 Å². The van der Waals surface area contributed by atoms with Crippen molar-refractivity contribution in [3.63, 3.8) is 0 Å². The summed E-state index contributed by atoms with van der Waals surface area (Å²) >= 11 is 6.14. The highest BCUT2D eigenvalue weighted by molar-refractivity contribution is 6.31. The van der Waals surface area contributed by atoms with E-state index in [1.165, 1.54) is 0 Å². The molecule has 1 unspecified atom stereocenters. The first-order valence-electron chi connectivity index (χ1n) is 6.75. The van der Waals surface area contributed by atoms with E-state index in [9.17, 15) is 9.90 Å². The lowest BCUT2D eigenvalue weighted by molar-refractivity contribution is -0.138. The van der Waals surface area contributed by atoms with Gasteiger partial charge in [-0.15, -0.1) is 0 Å². The summed E-state index contributed by atoms with van der Waals surface area (Å²) in [5.41, 5.74) is 1.34. The molecule has 22 heavy (non-hydrogen) atoms. The van der Waals surface area contributed by atoms with Crippen LogP contribution < -0.4 is 9.47 Å². The number of carbonyl (C=O) groups is 1. The van der Waals surface area contributed by atoms with Gasteiger partial charge >= 0.3 is 5.97 Å². The van der Waals surface area contributed by atoms with E-state index in [1.54, 1.807) is 56.7 Å². The highest BCUT2D eigenvalue weighted by Gasteiger charge is 2.24. The molecule has 0 aliphatic rings. The number of rotatable bonds is 6. The van der Waals surface area contributed by atoms with Crippen LogP contribution in [0.2, 0.25) is 5.02 Å². The van der Waals surface area contributed by atoms with Crippen LogP contribution in [0.15, 0.2) is 42.5 Å². The lowest BCUT2D eigenvalue weighted by Crippen LogP contribution is -2.15. The van der Waals surface area contributed by atoms with E-state index in [0.717, 1.165) is 5.56 Å². The molecule has 0 saturated carbocycles. The number of hydrogen-bond acceptors (Lipinski definition) is 3. The number of methoxy groups -OCH3 is 2. The van der Waals surface area contributed by atoms with Gasteiger partial charge in [-0.3, -0.25) is 4.79 Å². The lowest BCUT2D eigenvalue weighted by atomic mass is 9.91. The Bertz CT molecular complexity index is 669. The van der Waals surface area contributed by atoms with Crippen LogP contribution in [-0.2, 0) is 11.2 Å². The van der Waals surface area contributed by atoms with Crippen molar-refractivity contribution in [1.29, 1.82) is 0 Å². The van der Waals surface area contributed by atoms with Crippen molar-refractivity contribution in [2.24, 2.45) is 0 Å². The van der Waals surface area contributed by atoms with Crippen molar-refractivity contribution < 1.29 is 19.4 Å². The molecule has 0 saturated heterocycles. The molecule has 0 heterocycles. The van der Waals surface area contributed by atoms with Gasteiger partial charge in [0, 0.05) is 5.02 Å². The molecule has 0 aliphatic carbocycles. The van der Waals surface area contributed by atoms with E-state index in [0.29, 0.717) is 22.1 Å². The number of hydrogen-bond donors (Lipinski definition) is 1. The average Bonchev–Trinajstić information content (AvgIpc) is 2.53. The maximum absolute atomic E-state index is 11.7. The predicted octanol–water partition coefficient (Wildman–Crippen LogP) is 3.77. The third-order valence-electron chi connectivity index (χ3n) is 3.49. The summed E-state index contributed by atoms with van der Waals surface area (Å²) in [5, 5.41) is 10.0. The Labute approximate surface area is 134 Å². The first kappa shape index (κ1) is 16.2. The van der Waals surface area contributed by atoms with Gasteiger partial charge in [0.15, 0.2) is 0 Å². The molecule has 2 aromatic carbocycles. The monoisotopic (exact) mass is 320 g/mol. The molecule has 0 amide bonds. The van der Waals surface area contributed by atoms with Crippen LogP contribution in [0.25, 0.3) is 0 Å². The molecule has 1 atom stereocenters. The molecular weight excluding hydrogens is 304 g/mol. The smallest absolute Gasteiger partial charge is 0.311 e. The molecule has 5 heteroatoms. The zero-order valence-electron chi connectivity index (χ0n) is 12.4. The number of aliphatic carboxylic acids is 1. The fourth-order valence-corrected chi connectivity index (χ4v) is 2.62. The molecule has 116 valence electrons. The summed E-state index contributed by atoms with van der Waals surface area (Å²) in [4.78, 5) is 11.7. The molecule has 0 aromatic heterocycles. The van der Waals surface area contributed by atoms with E-state index in [1.807, 2.05) is 0 Å². The molecule has 0 radical (unpaired) electrons. The summed E-state index contributed by atoms with van der Waals surface area (Å²) in [6.45, 7) is 0. The topological polar surface area (TPSA) is 55.8 Å². The van der Waals surface area contributed by atoms with Crippen LogP contribution in [0, 0.1) is 0 Å². The second-order valence-corrected chi connectivity index (χ2v) is 5.20. The molecule has 0 spiro atoms. The van der Waals surface area contributed by atoms with E-state index < -0.39 is 11.9 Å². The van der Waals surface area contributed by atoms with Gasteiger partial charge in [0.1, 0.15) is 11.5 Å². The third kappa shape index (κ3) is 3.52. The number of benzene rings is 2. The highest BCUT2D eigenvalue weighted by Crippen LogP contribution is 2.32. The van der Waals surface area contributed by atoms with Gasteiger partial charge in [-0.2, -0.15) is 0 Å². The molecule has 4 nitrogen and oxygen atoms in total. The zero-order chi connectivity index (χ0) is 16.1. The maximum atomic E-state index is 11.7. The van der Waals surface area contributed by atoms with E-state index in [2.05, 4.69) is 0 Å². The SMILES string of the molecule is COc1ccc(OC)c(CC(C(=O)O)c2ccccc2Cl)c1. The van der Waals surface area contributed by atoms with Gasteiger partial charge in [0.25, 0.3) is 0 Å². The standard InChI is InChI=1S/C17H17ClO4/c1-21-12-7-8-16(22-2)11(9-12)10-14(17(19)20)13-5-3-4-6-15(13)18/h3-9,14H,10H2,1-2H3,(H,19,20). The average molecular weight is 321 g/mol. The van der Waals surface area contributed by atoms with Gasteiger partial charge in [0.05, 0.1) is 20.1 Å². The van der Waals surface area contributed by atoms with Crippen molar-refractivity contribution >= 4 is 17.6 Å². The first-order valence-corrected chi connectivity index (χ1v) is 7.12. The number of carboxylic acids is 1. The van der Waals surface area contributed by atoms with E-state index >= 15 is 0 Å². The minimum Gasteiger partial charge on any atom is -0.497 e. The Kier molecular flexibility index (Phi) is 5.28. The van der Waals surface area contributed by atoms with Crippen LogP contribution in [0.1, 0.15) is 17.0 Å². The minimum atomic E-state index is -0.932. The van der Waals surface area contributed by atoms with E-state index in [-0.39, 0.29) is 6.42 Å². The van der Waals surface area contributed by atoms with Gasteiger partial charge in [0.2, 0.25) is 0 Å². The zero-order valence-corrected chi connectivity index (χ0v) is 13.1. The highest BCUT2D eigenvalue weighted by atomic mass is 35.5. The normalized spacial score (nSPS) is 11.8. The summed E-state index contributed by atoms with van der Waals surface area (Å²) in [5.74, 6) is -0.411. The summed E-state index contributed by atoms with van der Waals surface area (Å²) in [7, 11) is 3.12. The maximum Gasteiger partial charge on any atom is 0.311 e. The number of ether oxygens (including phenoxy) is 2. The minimum absolute atomic E-state index is 0.263. The van der Waals surface area contributed by atoms with Crippen molar-refractivity contribution in [2.75, 3.05) is 14.2 Å². The molecular formula is C17H17ClO4. The third-order valence-corrected chi connectivity index (χ3v) is 3.83. The lowest BCUT2D eigenvalue weighted by Gasteiger charge is -2.17. The summed E-state index contributed by atoms with van der Waals surface area (Å²) in [6.07, 6.45) is 0.263. The Balaban J connectivity index is 2.41. The van der Waals surface area contributed by atoms with Crippen LogP contribution >= 0.6 is 11.6 Å². The van der Waals surface area contributed by atoms with Crippen molar-refractivity contribution in [1.82, 2.24) is 0 Å². The molecule has 0 aliphatic heterocycles. The van der Waals surface area contributed by atoms with E-state index in [4.69, 9.17) is 21.1 Å². The van der Waals surface area contributed by atoms with Gasteiger partial charge in [-0.1, -0.05) is 29.8 Å². The molecule has 1 N–H and O–H groups in total. The Morgan fingerprint density at radius 2 is 1.91 bits per heavy atom. The summed E-state index contributed by atoms with van der Waals surface area (Å²) < 4.78 is 10.5.